The number of nitrogens with zero attached hydrogens (tertiary/aromatic N) is 1. The average Bonchev–Trinajstić information content (AvgIpc) is 3.33. The van der Waals surface area contributed by atoms with Crippen LogP contribution in [-0.4, -0.2) is 50.3 Å². The van der Waals surface area contributed by atoms with E-state index in [9.17, 15) is 9.59 Å². The highest BCUT2D eigenvalue weighted by Crippen LogP contribution is 2.38. The summed E-state index contributed by atoms with van der Waals surface area (Å²) in [6.07, 6.45) is 5.58. The van der Waals surface area contributed by atoms with Crippen LogP contribution in [0.2, 0.25) is 0 Å². The van der Waals surface area contributed by atoms with Crippen LogP contribution < -0.4 is 0 Å². The number of hydrogen-bond donors (Lipinski definition) is 0. The van der Waals surface area contributed by atoms with Crippen molar-refractivity contribution in [2.45, 2.75) is 24.9 Å². The maximum Gasteiger partial charge on any atom is 0.336 e. The molecule has 134 valence electrons. The van der Waals surface area contributed by atoms with Crippen molar-refractivity contribution in [1.82, 2.24) is 4.90 Å². The fourth-order valence-electron chi connectivity index (χ4n) is 3.22. The molecule has 2 aliphatic rings. The van der Waals surface area contributed by atoms with E-state index in [4.69, 9.17) is 14.2 Å². The second-order valence-electron chi connectivity index (χ2n) is 5.97. The maximum atomic E-state index is 12.4. The topological polar surface area (TPSA) is 65.1 Å². The predicted octanol–water partition coefficient (Wildman–Crippen LogP) is 2.44. The fourth-order valence-corrected chi connectivity index (χ4v) is 3.90. The smallest absolute Gasteiger partial charge is 0.336 e. The Morgan fingerprint density at radius 3 is 2.40 bits per heavy atom. The molecule has 0 aliphatic carbocycles. The summed E-state index contributed by atoms with van der Waals surface area (Å²) in [5, 5.41) is 3.84. The van der Waals surface area contributed by atoms with Crippen molar-refractivity contribution in [3.8, 4) is 0 Å². The van der Waals surface area contributed by atoms with Gasteiger partial charge >= 0.3 is 11.9 Å². The van der Waals surface area contributed by atoms with E-state index in [1.54, 1.807) is 12.4 Å². The summed E-state index contributed by atoms with van der Waals surface area (Å²) in [6.45, 7) is 1.33. The van der Waals surface area contributed by atoms with Crippen LogP contribution in [0.25, 0.3) is 0 Å². The standard InChI is InChI=1S/C18H21NO5S/c1-22-17(20)14-9-19(8-13-4-3-6-24-13)10-15(18(21)23-2)16(14)12-5-7-25-11-12/h5,7,9-11,13,16H,3-4,6,8H2,1-2H3/t13-/m0/s1. The quantitative estimate of drug-likeness (QED) is 0.749. The largest absolute Gasteiger partial charge is 0.466 e. The minimum absolute atomic E-state index is 0.0861. The van der Waals surface area contributed by atoms with Gasteiger partial charge in [0.1, 0.15) is 0 Å². The molecular formula is C18H21NO5S. The molecule has 6 nitrogen and oxygen atoms in total. The monoisotopic (exact) mass is 363 g/mol. The van der Waals surface area contributed by atoms with Gasteiger partial charge in [-0.1, -0.05) is 0 Å². The average molecular weight is 363 g/mol. The van der Waals surface area contributed by atoms with E-state index in [0.29, 0.717) is 17.7 Å². The van der Waals surface area contributed by atoms with Crippen LogP contribution in [0.4, 0.5) is 0 Å². The molecule has 0 bridgehead atoms. The summed E-state index contributed by atoms with van der Waals surface area (Å²) in [5.74, 6) is -1.40. The molecule has 1 fully saturated rings. The van der Waals surface area contributed by atoms with E-state index in [1.165, 1.54) is 25.6 Å². The van der Waals surface area contributed by atoms with Crippen molar-refractivity contribution in [2.75, 3.05) is 27.4 Å². The van der Waals surface area contributed by atoms with E-state index in [0.717, 1.165) is 25.0 Å². The third-order valence-electron chi connectivity index (χ3n) is 4.39. The van der Waals surface area contributed by atoms with Crippen molar-refractivity contribution in [3.05, 3.63) is 45.9 Å². The summed E-state index contributed by atoms with van der Waals surface area (Å²) in [5.41, 5.74) is 1.71. The van der Waals surface area contributed by atoms with E-state index < -0.39 is 17.9 Å². The number of ether oxygens (including phenoxy) is 3. The zero-order chi connectivity index (χ0) is 17.8. The van der Waals surface area contributed by atoms with Gasteiger partial charge < -0.3 is 19.1 Å². The first-order valence-electron chi connectivity index (χ1n) is 8.13. The second kappa shape index (κ2) is 7.84. The first-order valence-corrected chi connectivity index (χ1v) is 9.07. The van der Waals surface area contributed by atoms with Crippen molar-refractivity contribution in [3.63, 3.8) is 0 Å². The Morgan fingerprint density at radius 1 is 1.24 bits per heavy atom. The van der Waals surface area contributed by atoms with Gasteiger partial charge in [-0.3, -0.25) is 0 Å². The fraction of sp³-hybridized carbons (Fsp3) is 0.444. The molecule has 25 heavy (non-hydrogen) atoms. The van der Waals surface area contributed by atoms with Crippen LogP contribution in [0.5, 0.6) is 0 Å². The number of hydrogen-bond acceptors (Lipinski definition) is 7. The van der Waals surface area contributed by atoms with Crippen LogP contribution in [0.1, 0.15) is 24.3 Å². The lowest BCUT2D eigenvalue weighted by Crippen LogP contribution is -2.32. The molecular weight excluding hydrogens is 342 g/mol. The zero-order valence-corrected chi connectivity index (χ0v) is 15.1. The number of carbonyl (C=O) groups excluding carboxylic acids is 2. The highest BCUT2D eigenvalue weighted by molar-refractivity contribution is 7.08. The molecule has 1 aromatic heterocycles. The molecule has 7 heteroatoms. The molecule has 0 radical (unpaired) electrons. The number of carbonyl (C=O) groups is 2. The molecule has 3 heterocycles. The molecule has 0 saturated carbocycles. The Balaban J connectivity index is 1.98. The van der Waals surface area contributed by atoms with E-state index in [-0.39, 0.29) is 6.10 Å². The predicted molar refractivity (Wildman–Crippen MR) is 92.9 cm³/mol. The van der Waals surface area contributed by atoms with Gasteiger partial charge in [0.25, 0.3) is 0 Å². The molecule has 1 atom stereocenters. The zero-order valence-electron chi connectivity index (χ0n) is 14.3. The molecule has 0 N–H and O–H groups in total. The van der Waals surface area contributed by atoms with Crippen LogP contribution in [0.15, 0.2) is 40.4 Å². The number of rotatable bonds is 5. The Morgan fingerprint density at radius 2 is 1.92 bits per heavy atom. The minimum Gasteiger partial charge on any atom is -0.466 e. The van der Waals surface area contributed by atoms with Crippen LogP contribution >= 0.6 is 11.3 Å². The lowest BCUT2D eigenvalue weighted by molar-refractivity contribution is -0.137. The molecule has 3 rings (SSSR count). The molecule has 1 saturated heterocycles. The van der Waals surface area contributed by atoms with Gasteiger partial charge in [-0.05, 0) is 35.2 Å². The third-order valence-corrected chi connectivity index (χ3v) is 5.09. The minimum atomic E-state index is -0.494. The number of esters is 2. The third kappa shape index (κ3) is 3.77. The highest BCUT2D eigenvalue weighted by Gasteiger charge is 2.36. The van der Waals surface area contributed by atoms with Crippen molar-refractivity contribution >= 4 is 23.3 Å². The lowest BCUT2D eigenvalue weighted by Gasteiger charge is -2.30. The molecule has 0 aromatic carbocycles. The molecule has 2 aliphatic heterocycles. The first kappa shape index (κ1) is 17.7. The van der Waals surface area contributed by atoms with Crippen LogP contribution in [-0.2, 0) is 23.8 Å². The Hall–Kier alpha value is -2.12. The van der Waals surface area contributed by atoms with Gasteiger partial charge in [-0.2, -0.15) is 11.3 Å². The van der Waals surface area contributed by atoms with Crippen LogP contribution in [0, 0.1) is 0 Å². The SMILES string of the molecule is COC(=O)C1=CN(C[C@@H]2CCCO2)C=C(C(=O)OC)C1c1ccsc1. The van der Waals surface area contributed by atoms with Crippen molar-refractivity contribution < 1.29 is 23.8 Å². The number of methoxy groups -OCH3 is 2. The Kier molecular flexibility index (Phi) is 5.55. The first-order chi connectivity index (χ1) is 12.1. The van der Waals surface area contributed by atoms with Gasteiger partial charge in [0.05, 0.1) is 37.4 Å². The second-order valence-corrected chi connectivity index (χ2v) is 6.75. The van der Waals surface area contributed by atoms with E-state index in [2.05, 4.69) is 0 Å². The summed E-state index contributed by atoms with van der Waals surface area (Å²) in [6, 6.07) is 1.90. The molecule has 0 unspecified atom stereocenters. The summed E-state index contributed by atoms with van der Waals surface area (Å²) >= 11 is 1.51. The maximum absolute atomic E-state index is 12.4. The van der Waals surface area contributed by atoms with Gasteiger partial charge in [0.2, 0.25) is 0 Å². The van der Waals surface area contributed by atoms with Crippen molar-refractivity contribution in [2.24, 2.45) is 0 Å². The highest BCUT2D eigenvalue weighted by atomic mass is 32.1. The van der Waals surface area contributed by atoms with Gasteiger partial charge in [-0.25, -0.2) is 9.59 Å². The summed E-state index contributed by atoms with van der Waals surface area (Å²) in [7, 11) is 2.68. The van der Waals surface area contributed by atoms with Crippen molar-refractivity contribution in [1.29, 1.82) is 0 Å². The van der Waals surface area contributed by atoms with E-state index in [1.807, 2.05) is 21.7 Å². The van der Waals surface area contributed by atoms with Gasteiger partial charge in [0.15, 0.2) is 0 Å². The van der Waals surface area contributed by atoms with Gasteiger partial charge in [0, 0.05) is 25.6 Å². The molecule has 1 aromatic rings. The number of thiophene rings is 1. The molecule has 0 spiro atoms. The molecule has 0 amide bonds. The lowest BCUT2D eigenvalue weighted by atomic mass is 9.84. The van der Waals surface area contributed by atoms with E-state index >= 15 is 0 Å². The Bertz CT molecular complexity index is 654. The van der Waals surface area contributed by atoms with Gasteiger partial charge in [-0.15, -0.1) is 0 Å². The normalized spacial score (nSPS) is 20.9. The summed E-state index contributed by atoms with van der Waals surface area (Å²) < 4.78 is 15.6. The van der Waals surface area contributed by atoms with Crippen LogP contribution in [0.3, 0.4) is 0 Å². The Labute approximate surface area is 150 Å². The summed E-state index contributed by atoms with van der Waals surface area (Å²) in [4.78, 5) is 26.6.